The molecule has 1 aliphatic heterocycles. The van der Waals surface area contributed by atoms with E-state index < -0.39 is 0 Å². The molecule has 1 saturated heterocycles. The highest BCUT2D eigenvalue weighted by molar-refractivity contribution is 14.0. The zero-order chi connectivity index (χ0) is 19.8. The molecule has 3 rings (SSSR count). The van der Waals surface area contributed by atoms with Gasteiger partial charge in [0.25, 0.3) is 0 Å². The van der Waals surface area contributed by atoms with Crippen molar-refractivity contribution in [1.82, 2.24) is 25.5 Å². The average Bonchev–Trinajstić information content (AvgIpc) is 3.19. The first-order chi connectivity index (χ1) is 13.7. The fourth-order valence-electron chi connectivity index (χ4n) is 3.03. The van der Waals surface area contributed by atoms with Crippen LogP contribution in [0, 0.1) is 0 Å². The van der Waals surface area contributed by atoms with E-state index in [9.17, 15) is 0 Å². The molecule has 3 heterocycles. The summed E-state index contributed by atoms with van der Waals surface area (Å²) in [5.74, 6) is 1.86. The highest BCUT2D eigenvalue weighted by atomic mass is 127. The first-order valence-corrected chi connectivity index (χ1v) is 10.8. The first-order valence-electron chi connectivity index (χ1n) is 10.0. The quantitative estimate of drug-likeness (QED) is 0.327. The van der Waals surface area contributed by atoms with E-state index in [2.05, 4.69) is 57.4 Å². The predicted molar refractivity (Wildman–Crippen MR) is 133 cm³/mol. The summed E-state index contributed by atoms with van der Waals surface area (Å²) < 4.78 is 0. The van der Waals surface area contributed by atoms with Crippen molar-refractivity contribution in [2.24, 2.45) is 4.99 Å². The second-order valence-electron chi connectivity index (χ2n) is 6.94. The maximum Gasteiger partial charge on any atom is 0.191 e. The molecule has 2 aromatic rings. The second-order valence-corrected chi connectivity index (χ2v) is 8.13. The molecule has 0 bridgehead atoms. The number of guanidine groups is 1. The molecule has 160 valence electrons. The van der Waals surface area contributed by atoms with Crippen molar-refractivity contribution in [1.29, 1.82) is 0 Å². The Balaban J connectivity index is 0.00000300. The van der Waals surface area contributed by atoms with Gasteiger partial charge in [0.1, 0.15) is 10.8 Å². The minimum absolute atomic E-state index is 0. The average molecular weight is 529 g/mol. The number of aryl methyl sites for hydroxylation is 1. The van der Waals surface area contributed by atoms with Crippen LogP contribution in [0.2, 0.25) is 0 Å². The van der Waals surface area contributed by atoms with E-state index in [1.807, 2.05) is 18.5 Å². The van der Waals surface area contributed by atoms with E-state index in [-0.39, 0.29) is 24.0 Å². The highest BCUT2D eigenvalue weighted by Gasteiger charge is 2.15. The Bertz CT molecular complexity index is 772. The van der Waals surface area contributed by atoms with Gasteiger partial charge in [-0.1, -0.05) is 6.92 Å². The van der Waals surface area contributed by atoms with Crippen LogP contribution < -0.4 is 15.5 Å². The number of piperazine rings is 1. The molecule has 1 aliphatic rings. The van der Waals surface area contributed by atoms with E-state index in [0.29, 0.717) is 13.1 Å². The number of halogens is 1. The summed E-state index contributed by atoms with van der Waals surface area (Å²) >= 11 is 1.75. The molecule has 0 atom stereocenters. The Hall–Kier alpha value is -1.46. The number of pyridine rings is 1. The summed E-state index contributed by atoms with van der Waals surface area (Å²) in [4.78, 5) is 19.8. The zero-order valence-electron chi connectivity index (χ0n) is 17.5. The lowest BCUT2D eigenvalue weighted by atomic mass is 10.2. The Morgan fingerprint density at radius 2 is 1.97 bits per heavy atom. The Kier molecular flexibility index (Phi) is 10.1. The maximum atomic E-state index is 4.74. The van der Waals surface area contributed by atoms with Crippen LogP contribution in [0.15, 0.2) is 29.5 Å². The zero-order valence-corrected chi connectivity index (χ0v) is 20.7. The third-order valence-electron chi connectivity index (χ3n) is 4.76. The van der Waals surface area contributed by atoms with Gasteiger partial charge in [0, 0.05) is 50.0 Å². The molecule has 0 spiro atoms. The molecule has 1 fully saturated rings. The van der Waals surface area contributed by atoms with Crippen molar-refractivity contribution in [3.63, 3.8) is 0 Å². The van der Waals surface area contributed by atoms with E-state index in [1.54, 1.807) is 11.3 Å². The lowest BCUT2D eigenvalue weighted by Gasteiger charge is -2.33. The second kappa shape index (κ2) is 12.3. The lowest BCUT2D eigenvalue weighted by Crippen LogP contribution is -2.44. The van der Waals surface area contributed by atoms with E-state index in [1.165, 1.54) is 10.4 Å². The molecule has 2 aromatic heterocycles. The van der Waals surface area contributed by atoms with Crippen molar-refractivity contribution in [2.75, 3.05) is 44.7 Å². The van der Waals surface area contributed by atoms with Crippen molar-refractivity contribution in [2.45, 2.75) is 33.4 Å². The van der Waals surface area contributed by atoms with Gasteiger partial charge >= 0.3 is 0 Å². The Morgan fingerprint density at radius 3 is 2.66 bits per heavy atom. The van der Waals surface area contributed by atoms with E-state index in [0.717, 1.165) is 55.9 Å². The van der Waals surface area contributed by atoms with Crippen LogP contribution in [0.25, 0.3) is 0 Å². The topological polar surface area (TPSA) is 68.7 Å². The van der Waals surface area contributed by atoms with Gasteiger partial charge in [-0.2, -0.15) is 0 Å². The van der Waals surface area contributed by atoms with Gasteiger partial charge in [-0.15, -0.1) is 35.3 Å². The molecule has 7 nitrogen and oxygen atoms in total. The lowest BCUT2D eigenvalue weighted by molar-refractivity contribution is 0.312. The van der Waals surface area contributed by atoms with Crippen LogP contribution in [0.5, 0.6) is 0 Å². The Morgan fingerprint density at radius 1 is 1.17 bits per heavy atom. The number of thiazole rings is 1. The van der Waals surface area contributed by atoms with Gasteiger partial charge in [-0.3, -0.25) is 0 Å². The van der Waals surface area contributed by atoms with Gasteiger partial charge in [-0.25, -0.2) is 15.0 Å². The molecular weight excluding hydrogens is 497 g/mol. The molecule has 29 heavy (non-hydrogen) atoms. The van der Waals surface area contributed by atoms with E-state index in [4.69, 9.17) is 4.99 Å². The number of anilines is 1. The van der Waals surface area contributed by atoms with Crippen LogP contribution in [-0.4, -0.2) is 60.6 Å². The molecule has 0 unspecified atom stereocenters. The van der Waals surface area contributed by atoms with Gasteiger partial charge in [0.15, 0.2) is 5.96 Å². The standard InChI is InChI=1S/C20H31N7S.HI/c1-4-17-14-23-19(28-17)15-25-20(21-5-2)24-13-16-6-7-22-18(12-16)27-10-8-26(3)9-11-27;/h6-7,12,14H,4-5,8-11,13,15H2,1-3H3,(H2,21,24,25);1H. The van der Waals surface area contributed by atoms with Crippen molar-refractivity contribution in [3.8, 4) is 0 Å². The van der Waals surface area contributed by atoms with Crippen molar-refractivity contribution >= 4 is 47.1 Å². The minimum Gasteiger partial charge on any atom is -0.357 e. The number of hydrogen-bond donors (Lipinski definition) is 2. The maximum absolute atomic E-state index is 4.74. The summed E-state index contributed by atoms with van der Waals surface area (Å²) in [6.45, 7) is 10.6. The van der Waals surface area contributed by atoms with Gasteiger partial charge in [0.05, 0.1) is 13.1 Å². The summed E-state index contributed by atoms with van der Waals surface area (Å²) in [5, 5.41) is 7.78. The van der Waals surface area contributed by atoms with Crippen molar-refractivity contribution in [3.05, 3.63) is 40.0 Å². The van der Waals surface area contributed by atoms with Gasteiger partial charge in [-0.05, 0) is 38.1 Å². The molecule has 0 radical (unpaired) electrons. The van der Waals surface area contributed by atoms with Crippen LogP contribution >= 0.6 is 35.3 Å². The van der Waals surface area contributed by atoms with Crippen LogP contribution in [0.1, 0.15) is 29.3 Å². The number of aromatic nitrogens is 2. The summed E-state index contributed by atoms with van der Waals surface area (Å²) in [5.41, 5.74) is 1.17. The Labute approximate surface area is 195 Å². The number of likely N-dealkylation sites (N-methyl/N-ethyl adjacent to an activating group) is 1. The molecule has 0 aromatic carbocycles. The number of nitrogens with zero attached hydrogens (tertiary/aromatic N) is 5. The molecule has 2 N–H and O–H groups in total. The van der Waals surface area contributed by atoms with Crippen LogP contribution in [-0.2, 0) is 19.5 Å². The first kappa shape index (κ1) is 23.8. The summed E-state index contributed by atoms with van der Waals surface area (Å²) in [6, 6.07) is 4.20. The highest BCUT2D eigenvalue weighted by Crippen LogP contribution is 2.15. The fourth-order valence-corrected chi connectivity index (χ4v) is 3.83. The third kappa shape index (κ3) is 7.38. The molecule has 0 saturated carbocycles. The monoisotopic (exact) mass is 529 g/mol. The van der Waals surface area contributed by atoms with Gasteiger partial charge in [0.2, 0.25) is 0 Å². The number of nitrogens with one attached hydrogen (secondary N) is 2. The number of aliphatic imine (C=N–C) groups is 1. The summed E-state index contributed by atoms with van der Waals surface area (Å²) in [6.07, 6.45) is 4.88. The number of rotatable bonds is 7. The molecule has 0 aliphatic carbocycles. The predicted octanol–water partition coefficient (Wildman–Crippen LogP) is 2.73. The summed E-state index contributed by atoms with van der Waals surface area (Å²) in [7, 11) is 2.17. The largest absolute Gasteiger partial charge is 0.357 e. The SMILES string of the molecule is CCNC(=NCc1ccnc(N2CCN(C)CC2)c1)NCc1ncc(CC)s1.I. The number of hydrogen-bond acceptors (Lipinski definition) is 6. The normalized spacial score (nSPS) is 15.1. The minimum atomic E-state index is 0. The van der Waals surface area contributed by atoms with Crippen LogP contribution in [0.3, 0.4) is 0 Å². The van der Waals surface area contributed by atoms with Crippen molar-refractivity contribution < 1.29 is 0 Å². The molecule has 0 amide bonds. The molecular formula is C20H32IN7S. The smallest absolute Gasteiger partial charge is 0.191 e. The fraction of sp³-hybridized carbons (Fsp3) is 0.550. The van der Waals surface area contributed by atoms with Gasteiger partial charge < -0.3 is 20.4 Å². The van der Waals surface area contributed by atoms with E-state index >= 15 is 0 Å². The van der Waals surface area contributed by atoms with Crippen LogP contribution in [0.4, 0.5) is 5.82 Å². The third-order valence-corrected chi connectivity index (χ3v) is 5.90. The molecule has 9 heteroatoms.